The van der Waals surface area contributed by atoms with Crippen molar-refractivity contribution in [3.63, 3.8) is 0 Å². The van der Waals surface area contributed by atoms with Crippen LogP contribution in [0.15, 0.2) is 0 Å². The SMILES string of the molecule is CC(C)(C)C(NN)C1CCC(C(F)(F)F)CC1. The summed E-state index contributed by atoms with van der Waals surface area (Å²) in [6, 6.07) is 0.0803. The topological polar surface area (TPSA) is 38.0 Å². The molecule has 3 N–H and O–H groups in total. The molecule has 0 spiro atoms. The highest BCUT2D eigenvalue weighted by molar-refractivity contribution is 4.89. The Hall–Kier alpha value is -0.290. The molecule has 1 fully saturated rings. The molecule has 0 heterocycles. The van der Waals surface area contributed by atoms with Crippen molar-refractivity contribution in [1.29, 1.82) is 0 Å². The molecule has 0 aromatic rings. The Labute approximate surface area is 101 Å². The van der Waals surface area contributed by atoms with E-state index >= 15 is 0 Å². The number of rotatable bonds is 2. The van der Waals surface area contributed by atoms with E-state index in [2.05, 4.69) is 26.2 Å². The molecular formula is C12H23F3N2. The quantitative estimate of drug-likeness (QED) is 0.585. The number of halogens is 3. The van der Waals surface area contributed by atoms with Crippen molar-refractivity contribution in [2.45, 2.75) is 58.7 Å². The van der Waals surface area contributed by atoms with Crippen molar-refractivity contribution in [3.8, 4) is 0 Å². The van der Waals surface area contributed by atoms with Gasteiger partial charge in [0.05, 0.1) is 5.92 Å². The number of hydrogen-bond donors (Lipinski definition) is 2. The number of hydrazine groups is 1. The molecule has 0 radical (unpaired) electrons. The van der Waals surface area contributed by atoms with Gasteiger partial charge in [-0.3, -0.25) is 11.3 Å². The molecule has 0 aromatic heterocycles. The van der Waals surface area contributed by atoms with Crippen LogP contribution in [0.3, 0.4) is 0 Å². The maximum absolute atomic E-state index is 12.5. The summed E-state index contributed by atoms with van der Waals surface area (Å²) in [5.41, 5.74) is 2.76. The van der Waals surface area contributed by atoms with Gasteiger partial charge in [-0.15, -0.1) is 0 Å². The van der Waals surface area contributed by atoms with Crippen molar-refractivity contribution >= 4 is 0 Å². The fraction of sp³-hybridized carbons (Fsp3) is 1.00. The summed E-state index contributed by atoms with van der Waals surface area (Å²) in [5.74, 6) is 4.67. The fourth-order valence-electron chi connectivity index (χ4n) is 2.87. The third-order valence-electron chi connectivity index (χ3n) is 3.82. The van der Waals surface area contributed by atoms with Crippen LogP contribution in [0.1, 0.15) is 46.5 Å². The highest BCUT2D eigenvalue weighted by atomic mass is 19.4. The van der Waals surface area contributed by atoms with Gasteiger partial charge in [0, 0.05) is 6.04 Å². The van der Waals surface area contributed by atoms with Crippen LogP contribution in [0.2, 0.25) is 0 Å². The van der Waals surface area contributed by atoms with E-state index in [1.165, 1.54) is 0 Å². The second-order valence-electron chi connectivity index (χ2n) is 6.16. The van der Waals surface area contributed by atoms with Gasteiger partial charge in [0.15, 0.2) is 0 Å². The normalized spacial score (nSPS) is 29.1. The Morgan fingerprint density at radius 3 is 1.82 bits per heavy atom. The zero-order valence-corrected chi connectivity index (χ0v) is 10.8. The summed E-state index contributed by atoms with van der Waals surface area (Å²) in [6.07, 6.45) is -2.34. The fourth-order valence-corrected chi connectivity index (χ4v) is 2.87. The zero-order valence-electron chi connectivity index (χ0n) is 10.8. The summed E-state index contributed by atoms with van der Waals surface area (Å²) in [5, 5.41) is 0. The first-order valence-electron chi connectivity index (χ1n) is 6.19. The third-order valence-corrected chi connectivity index (χ3v) is 3.82. The minimum absolute atomic E-state index is 0.0233. The smallest absolute Gasteiger partial charge is 0.271 e. The van der Waals surface area contributed by atoms with Gasteiger partial charge in [0.1, 0.15) is 0 Å². The molecule has 1 atom stereocenters. The van der Waals surface area contributed by atoms with Gasteiger partial charge in [-0.05, 0) is 37.0 Å². The van der Waals surface area contributed by atoms with Gasteiger partial charge in [-0.2, -0.15) is 13.2 Å². The Morgan fingerprint density at radius 2 is 1.53 bits per heavy atom. The molecule has 0 bridgehead atoms. The minimum Gasteiger partial charge on any atom is -0.271 e. The van der Waals surface area contributed by atoms with E-state index in [0.717, 1.165) is 0 Å². The molecule has 17 heavy (non-hydrogen) atoms. The molecule has 1 saturated carbocycles. The second kappa shape index (κ2) is 5.14. The largest absolute Gasteiger partial charge is 0.391 e. The molecule has 2 nitrogen and oxygen atoms in total. The van der Waals surface area contributed by atoms with Gasteiger partial charge >= 0.3 is 6.18 Å². The predicted molar refractivity (Wildman–Crippen MR) is 62.1 cm³/mol. The first kappa shape index (κ1) is 14.8. The van der Waals surface area contributed by atoms with E-state index in [-0.39, 0.29) is 30.2 Å². The van der Waals surface area contributed by atoms with Crippen molar-refractivity contribution in [2.24, 2.45) is 23.1 Å². The van der Waals surface area contributed by atoms with Crippen LogP contribution in [0, 0.1) is 17.3 Å². The highest BCUT2D eigenvalue weighted by Crippen LogP contribution is 2.42. The number of nitrogens with one attached hydrogen (secondary N) is 1. The summed E-state index contributed by atoms with van der Waals surface area (Å²) in [6.45, 7) is 6.19. The van der Waals surface area contributed by atoms with Crippen LogP contribution < -0.4 is 11.3 Å². The standard InChI is InChI=1S/C12H23F3N2/c1-11(2,3)10(17-16)8-4-6-9(7-5-8)12(13,14)15/h8-10,17H,4-7,16H2,1-3H3. The second-order valence-corrected chi connectivity index (χ2v) is 6.16. The molecule has 1 unspecified atom stereocenters. The Morgan fingerprint density at radius 1 is 1.06 bits per heavy atom. The molecule has 1 rings (SSSR count). The number of alkyl halides is 3. The van der Waals surface area contributed by atoms with Crippen LogP contribution in [0.25, 0.3) is 0 Å². The van der Waals surface area contributed by atoms with Crippen LogP contribution in [0.5, 0.6) is 0 Å². The zero-order chi connectivity index (χ0) is 13.3. The Kier molecular flexibility index (Phi) is 4.47. The maximum atomic E-state index is 12.5. The summed E-state index contributed by atoms with van der Waals surface area (Å²) < 4.78 is 37.6. The lowest BCUT2D eigenvalue weighted by Gasteiger charge is -2.40. The van der Waals surface area contributed by atoms with E-state index in [1.54, 1.807) is 0 Å². The summed E-state index contributed by atoms with van der Waals surface area (Å²) in [7, 11) is 0. The molecule has 102 valence electrons. The molecule has 1 aliphatic carbocycles. The predicted octanol–water partition coefficient (Wildman–Crippen LogP) is 3.23. The van der Waals surface area contributed by atoms with Gasteiger partial charge in [0.25, 0.3) is 0 Å². The first-order chi connectivity index (χ1) is 7.66. The van der Waals surface area contributed by atoms with Gasteiger partial charge < -0.3 is 0 Å². The summed E-state index contributed by atoms with van der Waals surface area (Å²) >= 11 is 0. The van der Waals surface area contributed by atoms with Crippen molar-refractivity contribution in [3.05, 3.63) is 0 Å². The maximum Gasteiger partial charge on any atom is 0.391 e. The third kappa shape index (κ3) is 3.85. The van der Waals surface area contributed by atoms with Crippen LogP contribution in [0.4, 0.5) is 13.2 Å². The first-order valence-corrected chi connectivity index (χ1v) is 6.19. The van der Waals surface area contributed by atoms with Gasteiger partial charge in [-0.25, -0.2) is 0 Å². The van der Waals surface area contributed by atoms with Crippen LogP contribution in [-0.4, -0.2) is 12.2 Å². The van der Waals surface area contributed by atoms with E-state index in [4.69, 9.17) is 5.84 Å². The van der Waals surface area contributed by atoms with Gasteiger partial charge in [0.2, 0.25) is 0 Å². The monoisotopic (exact) mass is 252 g/mol. The average molecular weight is 252 g/mol. The van der Waals surface area contributed by atoms with E-state index < -0.39 is 12.1 Å². The van der Waals surface area contributed by atoms with Crippen LogP contribution in [-0.2, 0) is 0 Å². The molecule has 0 aliphatic heterocycles. The van der Waals surface area contributed by atoms with E-state index in [0.29, 0.717) is 12.8 Å². The molecule has 0 aromatic carbocycles. The van der Waals surface area contributed by atoms with Crippen molar-refractivity contribution in [2.75, 3.05) is 0 Å². The molecule has 0 saturated heterocycles. The minimum atomic E-state index is -4.03. The van der Waals surface area contributed by atoms with Gasteiger partial charge in [-0.1, -0.05) is 20.8 Å². The van der Waals surface area contributed by atoms with Crippen molar-refractivity contribution in [1.82, 2.24) is 5.43 Å². The van der Waals surface area contributed by atoms with E-state index in [9.17, 15) is 13.2 Å². The lowest BCUT2D eigenvalue weighted by molar-refractivity contribution is -0.184. The average Bonchev–Trinajstić information content (AvgIpc) is 2.16. The van der Waals surface area contributed by atoms with Crippen LogP contribution >= 0.6 is 0 Å². The number of nitrogens with two attached hydrogens (primary N) is 1. The van der Waals surface area contributed by atoms with Crippen molar-refractivity contribution < 1.29 is 13.2 Å². The Bertz CT molecular complexity index is 237. The molecular weight excluding hydrogens is 229 g/mol. The number of hydrogen-bond acceptors (Lipinski definition) is 2. The Balaban J connectivity index is 2.57. The summed E-state index contributed by atoms with van der Waals surface area (Å²) in [4.78, 5) is 0. The highest BCUT2D eigenvalue weighted by Gasteiger charge is 2.43. The molecule has 5 heteroatoms. The van der Waals surface area contributed by atoms with E-state index in [1.807, 2.05) is 0 Å². The lowest BCUT2D eigenvalue weighted by atomic mass is 9.71. The molecule has 1 aliphatic rings. The molecule has 0 amide bonds. The lowest BCUT2D eigenvalue weighted by Crippen LogP contribution is -2.50.